The van der Waals surface area contributed by atoms with Crippen molar-refractivity contribution in [1.29, 1.82) is 0 Å². The van der Waals surface area contributed by atoms with E-state index in [4.69, 9.17) is 4.98 Å². The molecule has 1 aromatic heterocycles. The van der Waals surface area contributed by atoms with E-state index in [0.717, 1.165) is 18.5 Å². The van der Waals surface area contributed by atoms with Crippen LogP contribution in [-0.2, 0) is 19.4 Å². The van der Waals surface area contributed by atoms with Crippen LogP contribution in [0.5, 0.6) is 0 Å². The largest absolute Gasteiger partial charge is 0.308 e. The Labute approximate surface area is 121 Å². The lowest BCUT2D eigenvalue weighted by atomic mass is 9.70. The molecular weight excluding hydrogens is 252 g/mol. The van der Waals surface area contributed by atoms with Crippen LogP contribution in [0.2, 0.25) is 0 Å². The van der Waals surface area contributed by atoms with Crippen molar-refractivity contribution in [3.8, 4) is 0 Å². The number of nitrogens with one attached hydrogen (secondary N) is 1. The molecule has 2 aliphatic carbocycles. The van der Waals surface area contributed by atoms with E-state index in [0.29, 0.717) is 5.41 Å². The minimum atomic E-state index is 0.480. The molecule has 0 aromatic carbocycles. The summed E-state index contributed by atoms with van der Waals surface area (Å²) in [6.45, 7) is 8.18. The Bertz CT molecular complexity index is 446. The third-order valence-corrected chi connectivity index (χ3v) is 6.24. The van der Waals surface area contributed by atoms with Crippen molar-refractivity contribution in [3.63, 3.8) is 0 Å². The molecular formula is C16H26N2S. The molecule has 0 amide bonds. The Kier molecular flexibility index (Phi) is 3.69. The molecule has 0 aliphatic heterocycles. The van der Waals surface area contributed by atoms with Crippen LogP contribution in [0.4, 0.5) is 0 Å². The predicted molar refractivity (Wildman–Crippen MR) is 81.6 cm³/mol. The number of aryl methyl sites for hydroxylation is 1. The monoisotopic (exact) mass is 278 g/mol. The molecule has 19 heavy (non-hydrogen) atoms. The van der Waals surface area contributed by atoms with E-state index in [1.54, 1.807) is 4.88 Å². The lowest BCUT2D eigenvalue weighted by molar-refractivity contribution is 0.183. The van der Waals surface area contributed by atoms with Crippen LogP contribution >= 0.6 is 11.3 Å². The van der Waals surface area contributed by atoms with Gasteiger partial charge in [0, 0.05) is 17.5 Å². The Hall–Kier alpha value is -0.410. The molecule has 0 bridgehead atoms. The van der Waals surface area contributed by atoms with Gasteiger partial charge < -0.3 is 5.32 Å². The van der Waals surface area contributed by atoms with Crippen molar-refractivity contribution in [2.45, 2.75) is 71.9 Å². The molecule has 1 fully saturated rings. The molecule has 106 valence electrons. The quantitative estimate of drug-likeness (QED) is 0.882. The minimum absolute atomic E-state index is 0.480. The molecule has 0 spiro atoms. The highest BCUT2D eigenvalue weighted by atomic mass is 32.1. The smallest absolute Gasteiger partial charge is 0.107 e. The van der Waals surface area contributed by atoms with Gasteiger partial charge in [-0.3, -0.25) is 0 Å². The van der Waals surface area contributed by atoms with Crippen LogP contribution in [0.1, 0.15) is 62.0 Å². The number of hydrogen-bond donors (Lipinski definition) is 1. The van der Waals surface area contributed by atoms with Crippen LogP contribution < -0.4 is 5.32 Å². The third kappa shape index (κ3) is 3.03. The fourth-order valence-electron chi connectivity index (χ4n) is 2.98. The van der Waals surface area contributed by atoms with E-state index >= 15 is 0 Å². The van der Waals surface area contributed by atoms with Gasteiger partial charge in [-0.15, -0.1) is 11.3 Å². The summed E-state index contributed by atoms with van der Waals surface area (Å²) in [5, 5.41) is 4.89. The summed E-state index contributed by atoms with van der Waals surface area (Å²) in [4.78, 5) is 6.42. The summed E-state index contributed by atoms with van der Waals surface area (Å²) in [5.74, 6) is 0.842. The van der Waals surface area contributed by atoms with Crippen molar-refractivity contribution < 1.29 is 0 Å². The van der Waals surface area contributed by atoms with Crippen LogP contribution in [0.25, 0.3) is 0 Å². The predicted octanol–water partition coefficient (Wildman–Crippen LogP) is 3.94. The van der Waals surface area contributed by atoms with Gasteiger partial charge >= 0.3 is 0 Å². The average Bonchev–Trinajstić information content (AvgIpc) is 3.14. The molecule has 1 heterocycles. The first kappa shape index (κ1) is 13.6. The van der Waals surface area contributed by atoms with E-state index < -0.39 is 0 Å². The molecule has 2 nitrogen and oxygen atoms in total. The SMILES string of the molecule is CCC(C)(C)C1CCc2nc(CNC3CC3)sc2C1. The van der Waals surface area contributed by atoms with E-state index in [-0.39, 0.29) is 0 Å². The van der Waals surface area contributed by atoms with Gasteiger partial charge in [-0.1, -0.05) is 27.2 Å². The molecule has 3 rings (SSSR count). The second-order valence-corrected chi connectivity index (χ2v) is 8.08. The topological polar surface area (TPSA) is 24.9 Å². The van der Waals surface area contributed by atoms with Crippen LogP contribution in [0.3, 0.4) is 0 Å². The number of rotatable bonds is 5. The molecule has 1 N–H and O–H groups in total. The van der Waals surface area contributed by atoms with Gasteiger partial charge in [0.15, 0.2) is 0 Å². The van der Waals surface area contributed by atoms with E-state index in [1.807, 2.05) is 11.3 Å². The van der Waals surface area contributed by atoms with Gasteiger partial charge in [0.05, 0.1) is 5.69 Å². The van der Waals surface area contributed by atoms with Gasteiger partial charge in [0.2, 0.25) is 0 Å². The van der Waals surface area contributed by atoms with Crippen molar-refractivity contribution in [2.75, 3.05) is 0 Å². The number of fused-ring (bicyclic) bond motifs is 1. The lowest BCUT2D eigenvalue weighted by Crippen LogP contribution is -2.28. The molecule has 3 heteroatoms. The van der Waals surface area contributed by atoms with Crippen molar-refractivity contribution in [2.24, 2.45) is 11.3 Å². The van der Waals surface area contributed by atoms with Gasteiger partial charge in [-0.2, -0.15) is 0 Å². The zero-order valence-corrected chi connectivity index (χ0v) is 13.3. The molecule has 1 atom stereocenters. The third-order valence-electron chi connectivity index (χ3n) is 5.12. The van der Waals surface area contributed by atoms with Gasteiger partial charge in [0.1, 0.15) is 5.01 Å². The van der Waals surface area contributed by atoms with E-state index in [9.17, 15) is 0 Å². The summed E-state index contributed by atoms with van der Waals surface area (Å²) >= 11 is 1.96. The Balaban J connectivity index is 1.66. The second-order valence-electron chi connectivity index (χ2n) is 6.91. The maximum absolute atomic E-state index is 4.85. The summed E-state index contributed by atoms with van der Waals surface area (Å²) in [6, 6.07) is 0.785. The zero-order chi connectivity index (χ0) is 13.5. The number of thiazole rings is 1. The van der Waals surface area contributed by atoms with Crippen LogP contribution in [0.15, 0.2) is 0 Å². The summed E-state index contributed by atoms with van der Waals surface area (Å²) in [6.07, 6.45) is 7.78. The maximum atomic E-state index is 4.85. The average molecular weight is 278 g/mol. The molecule has 0 radical (unpaired) electrons. The van der Waals surface area contributed by atoms with Crippen molar-refractivity contribution >= 4 is 11.3 Å². The van der Waals surface area contributed by atoms with Crippen LogP contribution in [-0.4, -0.2) is 11.0 Å². The maximum Gasteiger partial charge on any atom is 0.107 e. The number of nitrogens with zero attached hydrogens (tertiary/aromatic N) is 1. The minimum Gasteiger partial charge on any atom is -0.308 e. The molecule has 1 unspecified atom stereocenters. The zero-order valence-electron chi connectivity index (χ0n) is 12.5. The van der Waals surface area contributed by atoms with Crippen molar-refractivity contribution in [3.05, 3.63) is 15.6 Å². The Morgan fingerprint density at radius 2 is 2.11 bits per heavy atom. The molecule has 0 saturated heterocycles. The summed E-state index contributed by atoms with van der Waals surface area (Å²) in [7, 11) is 0. The fourth-order valence-corrected chi connectivity index (χ4v) is 4.12. The van der Waals surface area contributed by atoms with Gasteiger partial charge in [-0.05, 0) is 43.4 Å². The second kappa shape index (κ2) is 5.17. The molecule has 1 aromatic rings. The fraction of sp³-hybridized carbons (Fsp3) is 0.812. The van der Waals surface area contributed by atoms with E-state index in [1.165, 1.54) is 49.2 Å². The number of aromatic nitrogens is 1. The highest BCUT2D eigenvalue weighted by Gasteiger charge is 2.32. The normalized spacial score (nSPS) is 23.4. The Morgan fingerprint density at radius 3 is 2.79 bits per heavy atom. The van der Waals surface area contributed by atoms with Gasteiger partial charge in [0.25, 0.3) is 0 Å². The van der Waals surface area contributed by atoms with Crippen LogP contribution in [0, 0.1) is 11.3 Å². The Morgan fingerprint density at radius 1 is 1.32 bits per heavy atom. The first-order valence-electron chi connectivity index (χ1n) is 7.79. The summed E-state index contributed by atoms with van der Waals surface area (Å²) < 4.78 is 0. The molecule has 2 aliphatic rings. The first-order valence-corrected chi connectivity index (χ1v) is 8.61. The van der Waals surface area contributed by atoms with Crippen molar-refractivity contribution in [1.82, 2.24) is 10.3 Å². The number of hydrogen-bond acceptors (Lipinski definition) is 3. The van der Waals surface area contributed by atoms with Gasteiger partial charge in [-0.25, -0.2) is 4.98 Å². The summed E-state index contributed by atoms with van der Waals surface area (Å²) in [5.41, 5.74) is 1.88. The first-order chi connectivity index (χ1) is 9.08. The standard InChI is InChI=1S/C16H26N2S/c1-4-16(2,3)11-5-8-13-14(9-11)19-15(18-13)10-17-12-6-7-12/h11-12,17H,4-10H2,1-3H3. The highest BCUT2D eigenvalue weighted by molar-refractivity contribution is 7.11. The molecule has 1 saturated carbocycles. The highest BCUT2D eigenvalue weighted by Crippen LogP contribution is 2.41. The lowest BCUT2D eigenvalue weighted by Gasteiger charge is -2.35. The van der Waals surface area contributed by atoms with E-state index in [2.05, 4.69) is 26.1 Å².